The number of thiocarbonyl (C=S) groups is 1. The molecule has 0 amide bonds. The molecule has 20 heavy (non-hydrogen) atoms. The number of aromatic nitrogens is 1. The Morgan fingerprint density at radius 3 is 2.85 bits per heavy atom. The second-order valence-electron chi connectivity index (χ2n) is 5.43. The zero-order valence-electron chi connectivity index (χ0n) is 12.3. The Balaban J connectivity index is 1.94. The summed E-state index contributed by atoms with van der Waals surface area (Å²) >= 11 is 5.11. The summed E-state index contributed by atoms with van der Waals surface area (Å²) in [6.07, 6.45) is 9.40. The maximum absolute atomic E-state index is 5.83. The molecule has 0 saturated carbocycles. The summed E-state index contributed by atoms with van der Waals surface area (Å²) in [5.41, 5.74) is 9.03. The number of hydrogen-bond acceptors (Lipinski definition) is 3. The molecule has 0 saturated heterocycles. The molecule has 0 spiro atoms. The second-order valence-corrected chi connectivity index (χ2v) is 5.87. The molecule has 1 aliphatic rings. The van der Waals surface area contributed by atoms with Crippen molar-refractivity contribution in [2.24, 2.45) is 5.73 Å². The van der Waals surface area contributed by atoms with Crippen molar-refractivity contribution in [2.45, 2.75) is 58.3 Å². The van der Waals surface area contributed by atoms with E-state index in [9.17, 15) is 0 Å². The zero-order chi connectivity index (χ0) is 14.4. The van der Waals surface area contributed by atoms with Crippen molar-refractivity contribution in [3.05, 3.63) is 22.9 Å². The maximum atomic E-state index is 5.83. The number of pyridine rings is 1. The van der Waals surface area contributed by atoms with Crippen LogP contribution in [0.15, 0.2) is 6.07 Å². The Labute approximate surface area is 126 Å². The molecule has 1 aromatic rings. The van der Waals surface area contributed by atoms with Crippen LogP contribution < -0.4 is 10.5 Å². The van der Waals surface area contributed by atoms with Gasteiger partial charge < -0.3 is 10.5 Å². The lowest BCUT2D eigenvalue weighted by Gasteiger charge is -2.12. The van der Waals surface area contributed by atoms with Crippen LogP contribution in [0.2, 0.25) is 0 Å². The van der Waals surface area contributed by atoms with E-state index >= 15 is 0 Å². The van der Waals surface area contributed by atoms with Crippen molar-refractivity contribution in [1.82, 2.24) is 4.98 Å². The van der Waals surface area contributed by atoms with Gasteiger partial charge in [-0.3, -0.25) is 0 Å². The van der Waals surface area contributed by atoms with Crippen LogP contribution in [0.1, 0.15) is 62.3 Å². The van der Waals surface area contributed by atoms with E-state index in [1.165, 1.54) is 37.7 Å². The van der Waals surface area contributed by atoms with Crippen molar-refractivity contribution < 1.29 is 4.74 Å². The first-order chi connectivity index (χ1) is 9.72. The highest BCUT2D eigenvalue weighted by Gasteiger charge is 2.18. The van der Waals surface area contributed by atoms with Gasteiger partial charge in [0, 0.05) is 5.69 Å². The molecular weight excluding hydrogens is 268 g/mol. The Bertz CT molecular complexity index is 474. The van der Waals surface area contributed by atoms with E-state index in [0.717, 1.165) is 30.5 Å². The lowest BCUT2D eigenvalue weighted by Crippen LogP contribution is -2.14. The number of hydrogen-bond donors (Lipinski definition) is 1. The molecule has 110 valence electrons. The number of fused-ring (bicyclic) bond motifs is 1. The van der Waals surface area contributed by atoms with Gasteiger partial charge in [0.15, 0.2) is 0 Å². The minimum atomic E-state index is 0.383. The highest BCUT2D eigenvalue weighted by atomic mass is 32.1. The normalized spacial score (nSPS) is 13.2. The average molecular weight is 292 g/mol. The van der Waals surface area contributed by atoms with E-state index in [-0.39, 0.29) is 0 Å². The van der Waals surface area contributed by atoms with E-state index in [1.807, 2.05) is 0 Å². The van der Waals surface area contributed by atoms with Crippen LogP contribution in [-0.2, 0) is 12.8 Å². The summed E-state index contributed by atoms with van der Waals surface area (Å²) in [6, 6.07) is 2.07. The molecule has 1 aliphatic carbocycles. The van der Waals surface area contributed by atoms with Crippen LogP contribution in [0.3, 0.4) is 0 Å². The van der Waals surface area contributed by atoms with Gasteiger partial charge in [0.05, 0.1) is 12.2 Å². The van der Waals surface area contributed by atoms with Crippen LogP contribution >= 0.6 is 12.2 Å². The van der Waals surface area contributed by atoms with Crippen LogP contribution in [0, 0.1) is 0 Å². The number of ether oxygens (including phenoxy) is 1. The third-order valence-corrected chi connectivity index (χ3v) is 3.99. The highest BCUT2D eigenvalue weighted by Crippen LogP contribution is 2.26. The van der Waals surface area contributed by atoms with Crippen LogP contribution in [-0.4, -0.2) is 16.6 Å². The zero-order valence-corrected chi connectivity index (χ0v) is 13.1. The van der Waals surface area contributed by atoms with Gasteiger partial charge in [0.2, 0.25) is 5.88 Å². The Morgan fingerprint density at radius 1 is 1.30 bits per heavy atom. The molecule has 1 heterocycles. The summed E-state index contributed by atoms with van der Waals surface area (Å²) in [5, 5.41) is 0. The van der Waals surface area contributed by atoms with Gasteiger partial charge in [-0.15, -0.1) is 0 Å². The number of nitrogens with zero attached hydrogens (tertiary/aromatic N) is 1. The first kappa shape index (κ1) is 15.2. The highest BCUT2D eigenvalue weighted by molar-refractivity contribution is 7.80. The van der Waals surface area contributed by atoms with E-state index in [0.29, 0.717) is 17.5 Å². The van der Waals surface area contributed by atoms with Crippen LogP contribution in [0.25, 0.3) is 0 Å². The molecule has 1 aromatic heterocycles. The molecule has 0 radical (unpaired) electrons. The van der Waals surface area contributed by atoms with Gasteiger partial charge in [-0.1, -0.05) is 44.8 Å². The quantitative estimate of drug-likeness (QED) is 0.588. The predicted octanol–water partition coefficient (Wildman–Crippen LogP) is 3.55. The number of nitrogens with two attached hydrogens (primary N) is 1. The average Bonchev–Trinajstić information content (AvgIpc) is 2.88. The summed E-state index contributed by atoms with van der Waals surface area (Å²) in [4.78, 5) is 5.00. The number of rotatable bonds is 8. The standard InChI is InChI=1S/C16H24N2OS/c1-2-3-4-5-6-10-19-16-13(15(17)20)11-12-8-7-9-14(12)18-16/h11H,2-10H2,1H3,(H2,17,20). The Hall–Kier alpha value is -1.16. The van der Waals surface area contributed by atoms with E-state index in [1.54, 1.807) is 0 Å². The summed E-state index contributed by atoms with van der Waals surface area (Å²) < 4.78 is 5.83. The molecule has 0 atom stereocenters. The molecular formula is C16H24N2OS. The minimum absolute atomic E-state index is 0.383. The van der Waals surface area contributed by atoms with Gasteiger partial charge in [0.25, 0.3) is 0 Å². The summed E-state index contributed by atoms with van der Waals surface area (Å²) in [6.45, 7) is 2.92. The van der Waals surface area contributed by atoms with E-state index in [2.05, 4.69) is 18.0 Å². The largest absolute Gasteiger partial charge is 0.477 e. The van der Waals surface area contributed by atoms with E-state index < -0.39 is 0 Å². The lowest BCUT2D eigenvalue weighted by molar-refractivity contribution is 0.292. The third kappa shape index (κ3) is 3.92. The van der Waals surface area contributed by atoms with Crippen molar-refractivity contribution in [2.75, 3.05) is 6.61 Å². The fourth-order valence-electron chi connectivity index (χ4n) is 2.61. The number of aryl methyl sites for hydroxylation is 2. The number of unbranched alkanes of at least 4 members (excludes halogenated alkanes) is 4. The van der Waals surface area contributed by atoms with Gasteiger partial charge in [-0.25, -0.2) is 4.98 Å². The SMILES string of the molecule is CCCCCCCOc1nc2c(cc1C(N)=S)CCC2. The Morgan fingerprint density at radius 2 is 2.10 bits per heavy atom. The second kappa shape index (κ2) is 7.58. The third-order valence-electron chi connectivity index (χ3n) is 3.77. The van der Waals surface area contributed by atoms with Gasteiger partial charge in [0.1, 0.15) is 4.99 Å². The van der Waals surface area contributed by atoms with Crippen molar-refractivity contribution in [3.8, 4) is 5.88 Å². The molecule has 0 bridgehead atoms. The van der Waals surface area contributed by atoms with Gasteiger partial charge in [-0.05, 0) is 37.3 Å². The van der Waals surface area contributed by atoms with Crippen LogP contribution in [0.4, 0.5) is 0 Å². The van der Waals surface area contributed by atoms with Crippen molar-refractivity contribution in [1.29, 1.82) is 0 Å². The summed E-state index contributed by atoms with van der Waals surface area (Å²) in [5.74, 6) is 0.633. The smallest absolute Gasteiger partial charge is 0.224 e. The van der Waals surface area contributed by atoms with Crippen molar-refractivity contribution in [3.63, 3.8) is 0 Å². The topological polar surface area (TPSA) is 48.1 Å². The molecule has 0 unspecified atom stereocenters. The fraction of sp³-hybridized carbons (Fsp3) is 0.625. The minimum Gasteiger partial charge on any atom is -0.477 e. The monoisotopic (exact) mass is 292 g/mol. The van der Waals surface area contributed by atoms with Crippen LogP contribution in [0.5, 0.6) is 5.88 Å². The lowest BCUT2D eigenvalue weighted by atomic mass is 10.1. The predicted molar refractivity (Wildman–Crippen MR) is 86.4 cm³/mol. The maximum Gasteiger partial charge on any atom is 0.224 e. The van der Waals surface area contributed by atoms with Gasteiger partial charge in [-0.2, -0.15) is 0 Å². The first-order valence-corrected chi connectivity index (χ1v) is 8.08. The molecule has 0 fully saturated rings. The van der Waals surface area contributed by atoms with Crippen molar-refractivity contribution >= 4 is 17.2 Å². The molecule has 2 N–H and O–H groups in total. The summed E-state index contributed by atoms with van der Waals surface area (Å²) in [7, 11) is 0. The molecule has 0 aliphatic heterocycles. The molecule has 2 rings (SSSR count). The molecule has 3 nitrogen and oxygen atoms in total. The fourth-order valence-corrected chi connectivity index (χ4v) is 2.76. The molecule has 4 heteroatoms. The Kier molecular flexibility index (Phi) is 5.77. The van der Waals surface area contributed by atoms with E-state index in [4.69, 9.17) is 22.7 Å². The van der Waals surface area contributed by atoms with Gasteiger partial charge >= 0.3 is 0 Å². The first-order valence-electron chi connectivity index (χ1n) is 7.67. The molecule has 0 aromatic carbocycles.